The number of nitrogens with zero attached hydrogens (tertiary/aromatic N) is 1. The van der Waals surface area contributed by atoms with Crippen LogP contribution in [0.1, 0.15) is 22.3 Å². The fraction of sp³-hybridized carbons (Fsp3) is 0.0169. The Hall–Kier alpha value is -7.94. The minimum absolute atomic E-state index is 0.479. The van der Waals surface area contributed by atoms with E-state index in [-0.39, 0.29) is 0 Å². The summed E-state index contributed by atoms with van der Waals surface area (Å²) in [7, 11) is 0. The molecule has 1 heterocycles. The van der Waals surface area contributed by atoms with E-state index in [1.54, 1.807) is 0 Å². The van der Waals surface area contributed by atoms with Gasteiger partial charge >= 0.3 is 0 Å². The van der Waals surface area contributed by atoms with Gasteiger partial charge < -0.3 is 9.32 Å². The van der Waals surface area contributed by atoms with E-state index in [4.69, 9.17) is 4.42 Å². The van der Waals surface area contributed by atoms with Crippen LogP contribution in [0.4, 0.5) is 17.1 Å². The number of rotatable bonds is 7. The Labute approximate surface area is 355 Å². The van der Waals surface area contributed by atoms with Crippen molar-refractivity contribution in [2.75, 3.05) is 4.90 Å². The standard InChI is InChI=1S/C59H39NO/c1-3-17-40(18-4-1)46-37-38-56(51-26-8-7-23-48(46)51)60(45-22-15-19-41(39-45)47-28-16-29-53-52-27-11-14-32-57(52)61-58(47)53)44-35-33-43(34-36-44)59(42-20-5-2-6-21-42)54-30-12-9-24-49(54)50-25-10-13-31-55(50)59/h1-39H. The minimum Gasteiger partial charge on any atom is -0.455 e. The van der Waals surface area contributed by atoms with Crippen LogP contribution in [0.5, 0.6) is 0 Å². The van der Waals surface area contributed by atoms with Gasteiger partial charge in [-0.25, -0.2) is 0 Å². The number of benzene rings is 10. The number of hydrogen-bond acceptors (Lipinski definition) is 2. The first kappa shape index (κ1) is 35.0. The molecule has 0 saturated carbocycles. The molecule has 0 amide bonds. The lowest BCUT2D eigenvalue weighted by Crippen LogP contribution is -2.28. The maximum absolute atomic E-state index is 6.56. The zero-order valence-electron chi connectivity index (χ0n) is 33.4. The minimum atomic E-state index is -0.479. The topological polar surface area (TPSA) is 16.4 Å². The first-order chi connectivity index (χ1) is 30.3. The van der Waals surface area contributed by atoms with E-state index in [0.29, 0.717) is 0 Å². The van der Waals surface area contributed by atoms with E-state index < -0.39 is 5.41 Å². The second-order valence-corrected chi connectivity index (χ2v) is 16.0. The second kappa shape index (κ2) is 14.1. The Morgan fingerprint density at radius 3 is 1.64 bits per heavy atom. The van der Waals surface area contributed by atoms with Gasteiger partial charge in [0, 0.05) is 33.1 Å². The molecule has 0 radical (unpaired) electrons. The van der Waals surface area contributed by atoms with Crippen LogP contribution in [0.15, 0.2) is 241 Å². The predicted molar refractivity (Wildman–Crippen MR) is 254 cm³/mol. The maximum atomic E-state index is 6.56. The molecule has 2 nitrogen and oxygen atoms in total. The molecule has 286 valence electrons. The molecule has 12 rings (SSSR count). The average Bonchev–Trinajstić information content (AvgIpc) is 3.87. The van der Waals surface area contributed by atoms with Gasteiger partial charge in [-0.05, 0) is 91.9 Å². The molecule has 0 aliphatic heterocycles. The van der Waals surface area contributed by atoms with Gasteiger partial charge in [-0.15, -0.1) is 0 Å². The molecular weight excluding hydrogens is 739 g/mol. The highest BCUT2D eigenvalue weighted by Gasteiger charge is 2.45. The highest BCUT2D eigenvalue weighted by atomic mass is 16.3. The summed E-state index contributed by atoms with van der Waals surface area (Å²) in [4.78, 5) is 2.43. The summed E-state index contributed by atoms with van der Waals surface area (Å²) in [6, 6.07) is 86.0. The second-order valence-electron chi connectivity index (χ2n) is 16.0. The molecule has 0 N–H and O–H groups in total. The predicted octanol–water partition coefficient (Wildman–Crippen LogP) is 15.9. The molecule has 1 aromatic heterocycles. The first-order valence-electron chi connectivity index (χ1n) is 21.0. The highest BCUT2D eigenvalue weighted by Crippen LogP contribution is 2.56. The monoisotopic (exact) mass is 777 g/mol. The van der Waals surface area contributed by atoms with Crippen molar-refractivity contribution in [3.63, 3.8) is 0 Å². The molecule has 1 aliphatic carbocycles. The number of para-hydroxylation sites is 2. The maximum Gasteiger partial charge on any atom is 0.143 e. The van der Waals surface area contributed by atoms with Crippen LogP contribution in [-0.2, 0) is 5.41 Å². The quantitative estimate of drug-likeness (QED) is 0.160. The Balaban J connectivity index is 1.07. The normalized spacial score (nSPS) is 12.7. The molecule has 61 heavy (non-hydrogen) atoms. The van der Waals surface area contributed by atoms with Crippen LogP contribution < -0.4 is 4.90 Å². The third-order valence-corrected chi connectivity index (χ3v) is 12.8. The molecule has 2 heteroatoms. The summed E-state index contributed by atoms with van der Waals surface area (Å²) in [6.07, 6.45) is 0. The molecule has 0 fully saturated rings. The van der Waals surface area contributed by atoms with Gasteiger partial charge in [-0.1, -0.05) is 200 Å². The number of hydrogen-bond donors (Lipinski definition) is 0. The number of anilines is 3. The van der Waals surface area contributed by atoms with Gasteiger partial charge in [0.25, 0.3) is 0 Å². The van der Waals surface area contributed by atoms with E-state index in [2.05, 4.69) is 235 Å². The number of fused-ring (bicyclic) bond motifs is 7. The van der Waals surface area contributed by atoms with Gasteiger partial charge in [0.15, 0.2) is 0 Å². The SMILES string of the molecule is c1ccc(-c2ccc(N(c3ccc(C4(c5ccccc5)c5ccccc5-c5ccccc54)cc3)c3cccc(-c4cccc5c4oc4ccccc45)c3)c3ccccc23)cc1. The molecule has 0 saturated heterocycles. The largest absolute Gasteiger partial charge is 0.455 e. The lowest BCUT2D eigenvalue weighted by molar-refractivity contribution is 0.670. The molecule has 0 spiro atoms. The lowest BCUT2D eigenvalue weighted by Gasteiger charge is -2.34. The Morgan fingerprint density at radius 1 is 0.328 bits per heavy atom. The van der Waals surface area contributed by atoms with Gasteiger partial charge in [-0.3, -0.25) is 0 Å². The Morgan fingerprint density at radius 2 is 0.885 bits per heavy atom. The Bertz CT molecular complexity index is 3370. The highest BCUT2D eigenvalue weighted by molar-refractivity contribution is 6.10. The van der Waals surface area contributed by atoms with Crippen molar-refractivity contribution in [3.05, 3.63) is 259 Å². The van der Waals surface area contributed by atoms with Crippen LogP contribution in [-0.4, -0.2) is 0 Å². The van der Waals surface area contributed by atoms with E-state index in [9.17, 15) is 0 Å². The van der Waals surface area contributed by atoms with Crippen molar-refractivity contribution < 1.29 is 4.42 Å². The van der Waals surface area contributed by atoms with E-state index in [1.807, 2.05) is 6.07 Å². The fourth-order valence-corrected chi connectivity index (χ4v) is 10.1. The summed E-state index contributed by atoms with van der Waals surface area (Å²) >= 11 is 0. The molecule has 0 bridgehead atoms. The molecule has 0 atom stereocenters. The van der Waals surface area contributed by atoms with Crippen LogP contribution in [0.3, 0.4) is 0 Å². The summed E-state index contributed by atoms with van der Waals surface area (Å²) in [5.41, 5.74) is 16.8. The lowest BCUT2D eigenvalue weighted by atomic mass is 9.68. The van der Waals surface area contributed by atoms with Crippen molar-refractivity contribution in [1.29, 1.82) is 0 Å². The Kier molecular flexibility index (Phi) is 8.11. The van der Waals surface area contributed by atoms with Gasteiger partial charge in [0.1, 0.15) is 11.2 Å². The molecule has 11 aromatic rings. The van der Waals surface area contributed by atoms with Crippen molar-refractivity contribution in [2.45, 2.75) is 5.41 Å². The third-order valence-electron chi connectivity index (χ3n) is 12.8. The van der Waals surface area contributed by atoms with Gasteiger partial charge in [0.05, 0.1) is 11.1 Å². The summed E-state index contributed by atoms with van der Waals surface area (Å²) in [6.45, 7) is 0. The average molecular weight is 778 g/mol. The fourth-order valence-electron chi connectivity index (χ4n) is 10.1. The van der Waals surface area contributed by atoms with E-state index in [1.165, 1.54) is 55.3 Å². The van der Waals surface area contributed by atoms with Crippen LogP contribution >= 0.6 is 0 Å². The third kappa shape index (κ3) is 5.43. The first-order valence-corrected chi connectivity index (χ1v) is 21.0. The summed E-state index contributed by atoms with van der Waals surface area (Å²) in [5, 5.41) is 4.63. The molecule has 1 aliphatic rings. The number of furan rings is 1. The van der Waals surface area contributed by atoms with E-state index in [0.717, 1.165) is 50.1 Å². The van der Waals surface area contributed by atoms with Gasteiger partial charge in [-0.2, -0.15) is 0 Å². The zero-order valence-corrected chi connectivity index (χ0v) is 33.4. The van der Waals surface area contributed by atoms with Crippen LogP contribution in [0.2, 0.25) is 0 Å². The summed E-state index contributed by atoms with van der Waals surface area (Å²) < 4.78 is 6.56. The molecular formula is C59H39NO. The smallest absolute Gasteiger partial charge is 0.143 e. The van der Waals surface area contributed by atoms with Crippen LogP contribution in [0, 0.1) is 0 Å². The van der Waals surface area contributed by atoms with Crippen LogP contribution in [0.25, 0.3) is 66.1 Å². The van der Waals surface area contributed by atoms with Gasteiger partial charge in [0.2, 0.25) is 0 Å². The zero-order chi connectivity index (χ0) is 40.3. The summed E-state index contributed by atoms with van der Waals surface area (Å²) in [5.74, 6) is 0. The van der Waals surface area contributed by atoms with Crippen molar-refractivity contribution in [1.82, 2.24) is 0 Å². The van der Waals surface area contributed by atoms with Crippen molar-refractivity contribution in [3.8, 4) is 33.4 Å². The van der Waals surface area contributed by atoms with Crippen molar-refractivity contribution >= 4 is 49.8 Å². The van der Waals surface area contributed by atoms with E-state index >= 15 is 0 Å². The molecule has 0 unspecified atom stereocenters. The molecule has 10 aromatic carbocycles. The van der Waals surface area contributed by atoms with Crippen molar-refractivity contribution in [2.24, 2.45) is 0 Å².